The average molecular weight is 273 g/mol. The second-order valence-electron chi connectivity index (χ2n) is 4.17. The van der Waals surface area contributed by atoms with Gasteiger partial charge >= 0.3 is 0 Å². The molecule has 1 unspecified atom stereocenters. The van der Waals surface area contributed by atoms with Gasteiger partial charge < -0.3 is 19.0 Å². The first-order chi connectivity index (χ1) is 9.79. The first kappa shape index (κ1) is 14.1. The van der Waals surface area contributed by atoms with Crippen LogP contribution in [0.4, 0.5) is 0 Å². The van der Waals surface area contributed by atoms with Gasteiger partial charge in [-0.2, -0.15) is 5.26 Å². The predicted octanol–water partition coefficient (Wildman–Crippen LogP) is 2.11. The molecule has 0 fully saturated rings. The Morgan fingerprint density at radius 2 is 2.05 bits per heavy atom. The van der Waals surface area contributed by atoms with Crippen LogP contribution < -0.4 is 4.74 Å². The Bertz CT molecular complexity index is 560. The van der Waals surface area contributed by atoms with Gasteiger partial charge in [0.05, 0.1) is 18.4 Å². The molecular formula is C15H15NO4. The third-order valence-electron chi connectivity index (χ3n) is 2.57. The van der Waals surface area contributed by atoms with Crippen molar-refractivity contribution < 1.29 is 19.0 Å². The van der Waals surface area contributed by atoms with Crippen molar-refractivity contribution in [1.29, 1.82) is 5.26 Å². The lowest BCUT2D eigenvalue weighted by molar-refractivity contribution is 0.000835. The molecule has 1 atom stereocenters. The Kier molecular flexibility index (Phi) is 5.18. The molecular weight excluding hydrogens is 258 g/mol. The van der Waals surface area contributed by atoms with E-state index in [-0.39, 0.29) is 13.2 Å². The highest BCUT2D eigenvalue weighted by Gasteiger charge is 2.08. The summed E-state index contributed by atoms with van der Waals surface area (Å²) in [5.41, 5.74) is 0.441. The molecule has 0 bridgehead atoms. The number of rotatable bonds is 7. The van der Waals surface area contributed by atoms with E-state index < -0.39 is 6.10 Å². The van der Waals surface area contributed by atoms with Gasteiger partial charge in [0.25, 0.3) is 0 Å². The fraction of sp³-hybridized carbons (Fsp3) is 0.267. The molecule has 1 aromatic carbocycles. The largest absolute Gasteiger partial charge is 0.489 e. The second kappa shape index (κ2) is 7.34. The molecule has 104 valence electrons. The van der Waals surface area contributed by atoms with Gasteiger partial charge in [0, 0.05) is 0 Å². The van der Waals surface area contributed by atoms with Crippen LogP contribution in [0, 0.1) is 11.3 Å². The summed E-state index contributed by atoms with van der Waals surface area (Å²) in [6.45, 7) is 0.505. The SMILES string of the molecule is N#Cc1ccccc1OCC(O)COCc1ccco1. The standard InChI is InChI=1S/C15H15NO4/c16-8-12-4-1-2-6-15(12)20-10-13(17)9-18-11-14-5-3-7-19-14/h1-7,13,17H,9-11H2. The summed E-state index contributed by atoms with van der Waals surface area (Å²) in [5, 5.41) is 18.6. The molecule has 5 nitrogen and oxygen atoms in total. The molecule has 0 saturated carbocycles. The van der Waals surface area contributed by atoms with Crippen LogP contribution in [0.1, 0.15) is 11.3 Å². The smallest absolute Gasteiger partial charge is 0.137 e. The minimum absolute atomic E-state index is 0.0663. The number of hydrogen-bond donors (Lipinski definition) is 1. The molecule has 0 radical (unpaired) electrons. The van der Waals surface area contributed by atoms with E-state index in [9.17, 15) is 5.11 Å². The van der Waals surface area contributed by atoms with E-state index in [1.807, 2.05) is 6.07 Å². The van der Waals surface area contributed by atoms with Gasteiger partial charge in [0.2, 0.25) is 0 Å². The molecule has 0 aliphatic carbocycles. The summed E-state index contributed by atoms with van der Waals surface area (Å²) in [5.74, 6) is 1.16. The van der Waals surface area contributed by atoms with Gasteiger partial charge in [-0.1, -0.05) is 12.1 Å². The van der Waals surface area contributed by atoms with E-state index in [2.05, 4.69) is 0 Å². The molecule has 0 saturated heterocycles. The lowest BCUT2D eigenvalue weighted by Crippen LogP contribution is -2.23. The zero-order chi connectivity index (χ0) is 14.2. The van der Waals surface area contributed by atoms with Crippen molar-refractivity contribution in [3.63, 3.8) is 0 Å². The number of furan rings is 1. The Balaban J connectivity index is 1.72. The minimum Gasteiger partial charge on any atom is -0.489 e. The number of nitrogens with zero attached hydrogens (tertiary/aromatic N) is 1. The normalized spacial score (nSPS) is 11.8. The maximum Gasteiger partial charge on any atom is 0.137 e. The highest BCUT2D eigenvalue weighted by molar-refractivity contribution is 5.42. The zero-order valence-electron chi connectivity index (χ0n) is 10.9. The lowest BCUT2D eigenvalue weighted by atomic mass is 10.2. The van der Waals surface area contributed by atoms with Gasteiger partial charge in [0.1, 0.15) is 36.9 Å². The van der Waals surface area contributed by atoms with E-state index in [0.29, 0.717) is 23.7 Å². The van der Waals surface area contributed by atoms with Gasteiger partial charge in [0.15, 0.2) is 0 Å². The van der Waals surface area contributed by atoms with Crippen molar-refractivity contribution >= 4 is 0 Å². The Hall–Kier alpha value is -2.29. The molecule has 2 rings (SSSR count). The maximum absolute atomic E-state index is 9.74. The number of nitriles is 1. The quantitative estimate of drug-likeness (QED) is 0.836. The third kappa shape index (κ3) is 4.12. The first-order valence-electron chi connectivity index (χ1n) is 6.19. The molecule has 0 aliphatic rings. The van der Waals surface area contributed by atoms with Gasteiger partial charge in [-0.05, 0) is 24.3 Å². The molecule has 0 amide bonds. The molecule has 20 heavy (non-hydrogen) atoms. The highest BCUT2D eigenvalue weighted by Crippen LogP contribution is 2.16. The summed E-state index contributed by atoms with van der Waals surface area (Å²) in [6, 6.07) is 12.5. The van der Waals surface area contributed by atoms with Crippen LogP contribution in [-0.2, 0) is 11.3 Å². The number of para-hydroxylation sites is 1. The number of hydrogen-bond acceptors (Lipinski definition) is 5. The molecule has 1 N–H and O–H groups in total. The average Bonchev–Trinajstić information content (AvgIpc) is 2.98. The Morgan fingerprint density at radius 1 is 1.20 bits per heavy atom. The van der Waals surface area contributed by atoms with Gasteiger partial charge in [-0.25, -0.2) is 0 Å². The number of aliphatic hydroxyl groups excluding tert-OH is 1. The van der Waals surface area contributed by atoms with Crippen molar-refractivity contribution in [1.82, 2.24) is 0 Å². The number of benzene rings is 1. The molecule has 1 heterocycles. The highest BCUT2D eigenvalue weighted by atomic mass is 16.5. The monoisotopic (exact) mass is 273 g/mol. The van der Waals surface area contributed by atoms with E-state index >= 15 is 0 Å². The summed E-state index contributed by atoms with van der Waals surface area (Å²) in [4.78, 5) is 0. The molecule has 2 aromatic rings. The van der Waals surface area contributed by atoms with Crippen molar-refractivity contribution in [3.05, 3.63) is 54.0 Å². The van der Waals surface area contributed by atoms with Crippen LogP contribution in [0.15, 0.2) is 47.1 Å². The summed E-state index contributed by atoms with van der Waals surface area (Å²) in [7, 11) is 0. The molecule has 0 spiro atoms. The number of aliphatic hydroxyl groups is 1. The first-order valence-corrected chi connectivity index (χ1v) is 6.19. The molecule has 0 aliphatic heterocycles. The van der Waals surface area contributed by atoms with E-state index in [1.54, 1.807) is 42.7 Å². The van der Waals surface area contributed by atoms with Gasteiger partial charge in [-0.15, -0.1) is 0 Å². The van der Waals surface area contributed by atoms with E-state index in [0.717, 1.165) is 0 Å². The Labute approximate surface area is 117 Å². The number of ether oxygens (including phenoxy) is 2. The lowest BCUT2D eigenvalue weighted by Gasteiger charge is -2.13. The van der Waals surface area contributed by atoms with Crippen LogP contribution in [0.3, 0.4) is 0 Å². The zero-order valence-corrected chi connectivity index (χ0v) is 10.9. The summed E-state index contributed by atoms with van der Waals surface area (Å²) in [6.07, 6.45) is 0.800. The predicted molar refractivity (Wildman–Crippen MR) is 71.0 cm³/mol. The maximum atomic E-state index is 9.74. The Morgan fingerprint density at radius 3 is 2.80 bits per heavy atom. The topological polar surface area (TPSA) is 75.6 Å². The van der Waals surface area contributed by atoms with Crippen LogP contribution in [0.5, 0.6) is 5.75 Å². The molecule has 1 aromatic heterocycles. The second-order valence-corrected chi connectivity index (χ2v) is 4.17. The van der Waals surface area contributed by atoms with Crippen LogP contribution in [-0.4, -0.2) is 24.4 Å². The van der Waals surface area contributed by atoms with Crippen molar-refractivity contribution in [2.75, 3.05) is 13.2 Å². The van der Waals surface area contributed by atoms with Gasteiger partial charge in [-0.3, -0.25) is 0 Å². The fourth-order valence-electron chi connectivity index (χ4n) is 1.61. The van der Waals surface area contributed by atoms with Crippen molar-refractivity contribution in [3.8, 4) is 11.8 Å². The van der Waals surface area contributed by atoms with E-state index in [1.165, 1.54) is 0 Å². The van der Waals surface area contributed by atoms with Crippen LogP contribution >= 0.6 is 0 Å². The van der Waals surface area contributed by atoms with Crippen LogP contribution in [0.25, 0.3) is 0 Å². The van der Waals surface area contributed by atoms with E-state index in [4.69, 9.17) is 19.2 Å². The van der Waals surface area contributed by atoms with Crippen molar-refractivity contribution in [2.24, 2.45) is 0 Å². The third-order valence-corrected chi connectivity index (χ3v) is 2.57. The van der Waals surface area contributed by atoms with Crippen LogP contribution in [0.2, 0.25) is 0 Å². The summed E-state index contributed by atoms with van der Waals surface area (Å²) >= 11 is 0. The van der Waals surface area contributed by atoms with Crippen molar-refractivity contribution in [2.45, 2.75) is 12.7 Å². The summed E-state index contributed by atoms with van der Waals surface area (Å²) < 4.78 is 15.8. The minimum atomic E-state index is -0.767. The fourth-order valence-corrected chi connectivity index (χ4v) is 1.61. The molecule has 5 heteroatoms.